The molecule has 0 bridgehead atoms. The van der Waals surface area contributed by atoms with Crippen molar-refractivity contribution in [2.45, 2.75) is 6.92 Å². The highest BCUT2D eigenvalue weighted by atomic mass is 79.9. The van der Waals surface area contributed by atoms with Gasteiger partial charge in [-0.15, -0.1) is 0 Å². The predicted octanol–water partition coefficient (Wildman–Crippen LogP) is 3.76. The van der Waals surface area contributed by atoms with E-state index in [9.17, 15) is 9.90 Å². The van der Waals surface area contributed by atoms with E-state index in [-0.39, 0.29) is 12.4 Å². The molecular formula is C17H16Br2N2O4. The number of methoxy groups -OCH3 is 1. The second-order valence-electron chi connectivity index (χ2n) is 5.01. The van der Waals surface area contributed by atoms with Crippen molar-refractivity contribution in [3.05, 3.63) is 50.4 Å². The van der Waals surface area contributed by atoms with Crippen LogP contribution in [0.5, 0.6) is 17.2 Å². The van der Waals surface area contributed by atoms with Crippen molar-refractivity contribution in [1.29, 1.82) is 0 Å². The lowest BCUT2D eigenvalue weighted by atomic mass is 10.1. The van der Waals surface area contributed by atoms with Crippen LogP contribution in [0.25, 0.3) is 0 Å². The van der Waals surface area contributed by atoms with Crippen molar-refractivity contribution in [2.24, 2.45) is 5.10 Å². The number of nitrogens with zero attached hydrogens (tertiary/aromatic N) is 1. The van der Waals surface area contributed by atoms with Gasteiger partial charge in [0, 0.05) is 10.0 Å². The number of hydrazone groups is 1. The summed E-state index contributed by atoms with van der Waals surface area (Å²) in [4.78, 5) is 11.9. The first-order chi connectivity index (χ1) is 11.9. The van der Waals surface area contributed by atoms with Crippen molar-refractivity contribution in [2.75, 3.05) is 13.7 Å². The van der Waals surface area contributed by atoms with Gasteiger partial charge in [0.2, 0.25) is 0 Å². The number of hydrogen-bond acceptors (Lipinski definition) is 5. The molecule has 0 unspecified atom stereocenters. The van der Waals surface area contributed by atoms with Gasteiger partial charge in [-0.25, -0.2) is 5.43 Å². The van der Waals surface area contributed by atoms with E-state index >= 15 is 0 Å². The topological polar surface area (TPSA) is 80.2 Å². The zero-order chi connectivity index (χ0) is 18.4. The van der Waals surface area contributed by atoms with E-state index in [0.717, 1.165) is 10.0 Å². The summed E-state index contributed by atoms with van der Waals surface area (Å²) in [6.07, 6.45) is 1.37. The lowest BCUT2D eigenvalue weighted by Gasteiger charge is -2.12. The lowest BCUT2D eigenvalue weighted by molar-refractivity contribution is -0.123. The molecule has 25 heavy (non-hydrogen) atoms. The molecule has 1 amide bonds. The van der Waals surface area contributed by atoms with Crippen LogP contribution in [0.1, 0.15) is 11.1 Å². The Bertz CT molecular complexity index is 809. The number of carbonyl (C=O) groups is 1. The van der Waals surface area contributed by atoms with Gasteiger partial charge in [0.05, 0.1) is 17.8 Å². The fraction of sp³-hybridized carbons (Fsp3) is 0.176. The van der Waals surface area contributed by atoms with Crippen LogP contribution in [-0.2, 0) is 4.79 Å². The van der Waals surface area contributed by atoms with Crippen LogP contribution in [0.3, 0.4) is 0 Å². The zero-order valence-corrected chi connectivity index (χ0v) is 16.7. The Morgan fingerprint density at radius 1 is 1.36 bits per heavy atom. The van der Waals surface area contributed by atoms with Crippen LogP contribution in [-0.4, -0.2) is 30.9 Å². The van der Waals surface area contributed by atoms with Gasteiger partial charge in [0.1, 0.15) is 5.75 Å². The third-order valence-electron chi connectivity index (χ3n) is 3.20. The number of phenolic OH excluding ortho intramolecular Hbond substituents is 1. The Kier molecular flexibility index (Phi) is 6.83. The number of benzene rings is 2. The minimum absolute atomic E-state index is 0.125. The molecule has 0 saturated carbocycles. The van der Waals surface area contributed by atoms with Gasteiger partial charge in [-0.2, -0.15) is 5.10 Å². The van der Waals surface area contributed by atoms with Gasteiger partial charge in [-0.3, -0.25) is 4.79 Å². The van der Waals surface area contributed by atoms with Crippen molar-refractivity contribution >= 4 is 44.0 Å². The Balaban J connectivity index is 1.95. The fourth-order valence-corrected chi connectivity index (χ4v) is 3.26. The van der Waals surface area contributed by atoms with Gasteiger partial charge >= 0.3 is 0 Å². The van der Waals surface area contributed by atoms with Crippen LogP contribution in [0, 0.1) is 6.92 Å². The number of aryl methyl sites for hydroxylation is 1. The molecule has 0 aliphatic heterocycles. The van der Waals surface area contributed by atoms with E-state index in [1.54, 1.807) is 37.3 Å². The molecule has 8 heteroatoms. The third-order valence-corrected chi connectivity index (χ3v) is 4.25. The summed E-state index contributed by atoms with van der Waals surface area (Å²) in [7, 11) is 1.51. The highest BCUT2D eigenvalue weighted by molar-refractivity contribution is 9.11. The Labute approximate surface area is 162 Å². The molecule has 0 aliphatic carbocycles. The van der Waals surface area contributed by atoms with Crippen LogP contribution in [0.2, 0.25) is 0 Å². The summed E-state index contributed by atoms with van der Waals surface area (Å²) in [5.41, 5.74) is 3.59. The molecule has 0 atom stereocenters. The Morgan fingerprint density at radius 2 is 2.12 bits per heavy atom. The highest BCUT2D eigenvalue weighted by Crippen LogP contribution is 2.38. The maximum absolute atomic E-state index is 11.9. The summed E-state index contributed by atoms with van der Waals surface area (Å²) < 4.78 is 12.2. The first-order valence-electron chi connectivity index (χ1n) is 7.18. The third kappa shape index (κ3) is 5.20. The Morgan fingerprint density at radius 3 is 2.84 bits per heavy atom. The number of phenols is 1. The molecule has 0 aliphatic rings. The first kappa shape index (κ1) is 19.3. The highest BCUT2D eigenvalue weighted by Gasteiger charge is 2.12. The molecule has 0 aromatic heterocycles. The molecule has 2 aromatic rings. The average Bonchev–Trinajstić information content (AvgIpc) is 2.57. The second-order valence-corrected chi connectivity index (χ2v) is 6.78. The Hall–Kier alpha value is -2.06. The number of rotatable bonds is 6. The molecule has 2 rings (SSSR count). The standard InChI is InChI=1S/C17H16Br2N2O4/c1-10-4-3-5-11(16(10)23)8-20-21-15(22)9-25-17-13(19)6-12(18)7-14(17)24-2/h3-8,23H,9H2,1-2H3,(H,21,22)/b20-8+. The van der Waals surface area contributed by atoms with Crippen molar-refractivity contribution in [3.63, 3.8) is 0 Å². The molecule has 0 radical (unpaired) electrons. The molecule has 0 spiro atoms. The van der Waals surface area contributed by atoms with Crippen LogP contribution < -0.4 is 14.9 Å². The van der Waals surface area contributed by atoms with Gasteiger partial charge in [-0.1, -0.05) is 28.1 Å². The van der Waals surface area contributed by atoms with E-state index in [0.29, 0.717) is 21.5 Å². The molecule has 6 nitrogen and oxygen atoms in total. The number of amides is 1. The first-order valence-corrected chi connectivity index (χ1v) is 8.77. The quantitative estimate of drug-likeness (QED) is 0.496. The molecule has 0 heterocycles. The smallest absolute Gasteiger partial charge is 0.277 e. The van der Waals surface area contributed by atoms with Crippen LogP contribution >= 0.6 is 31.9 Å². The molecule has 132 valence electrons. The van der Waals surface area contributed by atoms with E-state index in [4.69, 9.17) is 9.47 Å². The lowest BCUT2D eigenvalue weighted by Crippen LogP contribution is -2.24. The SMILES string of the molecule is COc1cc(Br)cc(Br)c1OCC(=O)N/N=C/c1cccc(C)c1O. The largest absolute Gasteiger partial charge is 0.507 e. The van der Waals surface area contributed by atoms with Crippen molar-refractivity contribution in [3.8, 4) is 17.2 Å². The number of nitrogens with one attached hydrogen (secondary N) is 1. The number of aromatic hydroxyl groups is 1. The summed E-state index contributed by atoms with van der Waals surface area (Å²) >= 11 is 6.71. The second kappa shape index (κ2) is 8.87. The molecular weight excluding hydrogens is 456 g/mol. The monoisotopic (exact) mass is 470 g/mol. The number of hydrogen-bond donors (Lipinski definition) is 2. The van der Waals surface area contributed by atoms with Crippen molar-refractivity contribution < 1.29 is 19.4 Å². The fourth-order valence-electron chi connectivity index (χ4n) is 1.96. The number of ether oxygens (including phenoxy) is 2. The minimum atomic E-state index is -0.444. The van der Waals surface area contributed by atoms with Crippen LogP contribution in [0.15, 0.2) is 44.4 Å². The molecule has 0 saturated heterocycles. The van der Waals surface area contributed by atoms with E-state index in [2.05, 4.69) is 42.4 Å². The molecule has 2 N–H and O–H groups in total. The number of para-hydroxylation sites is 1. The van der Waals surface area contributed by atoms with Crippen LogP contribution in [0.4, 0.5) is 0 Å². The maximum atomic E-state index is 11.9. The van der Waals surface area contributed by atoms with Gasteiger partial charge in [-0.05, 0) is 46.6 Å². The summed E-state index contributed by atoms with van der Waals surface area (Å²) in [5.74, 6) is 0.587. The minimum Gasteiger partial charge on any atom is -0.507 e. The number of halogens is 2. The molecule has 0 fully saturated rings. The summed E-state index contributed by atoms with van der Waals surface area (Å²) in [6.45, 7) is 1.54. The average molecular weight is 472 g/mol. The van der Waals surface area contributed by atoms with E-state index in [1.165, 1.54) is 13.3 Å². The van der Waals surface area contributed by atoms with E-state index in [1.807, 2.05) is 0 Å². The summed E-state index contributed by atoms with van der Waals surface area (Å²) in [6, 6.07) is 8.78. The summed E-state index contributed by atoms with van der Waals surface area (Å²) in [5, 5.41) is 13.7. The van der Waals surface area contributed by atoms with Gasteiger partial charge < -0.3 is 14.6 Å². The van der Waals surface area contributed by atoms with E-state index < -0.39 is 5.91 Å². The van der Waals surface area contributed by atoms with Gasteiger partial charge in [0.15, 0.2) is 18.1 Å². The molecule has 2 aromatic carbocycles. The van der Waals surface area contributed by atoms with Gasteiger partial charge in [0.25, 0.3) is 5.91 Å². The predicted molar refractivity (Wildman–Crippen MR) is 102 cm³/mol. The van der Waals surface area contributed by atoms with Crippen molar-refractivity contribution in [1.82, 2.24) is 5.43 Å². The zero-order valence-electron chi connectivity index (χ0n) is 13.5. The maximum Gasteiger partial charge on any atom is 0.277 e. The normalized spacial score (nSPS) is 10.7. The number of carbonyl (C=O) groups excluding carboxylic acids is 1.